The van der Waals surface area contributed by atoms with Crippen molar-refractivity contribution in [2.75, 3.05) is 13.6 Å². The van der Waals surface area contributed by atoms with Crippen LogP contribution in [0.25, 0.3) is 0 Å². The fourth-order valence-electron chi connectivity index (χ4n) is 0.687. The summed E-state index contributed by atoms with van der Waals surface area (Å²) in [6.07, 6.45) is -4.00. The number of likely N-dealkylation sites (N-methyl/N-ethyl adjacent to an activating group) is 1. The Kier molecular flexibility index (Phi) is 4.31. The third kappa shape index (κ3) is 2.57. The Morgan fingerprint density at radius 2 is 1.93 bits per heavy atom. The standard InChI is InChI=1S/C7H12F4N2O/c1-4(3-12)13(2)6(14)7(10,11)5(8)9/h4-5H,3,12H2,1-2H3. The number of nitrogens with two attached hydrogens (primary N) is 1. The lowest BCUT2D eigenvalue weighted by Crippen LogP contribution is -2.50. The summed E-state index contributed by atoms with van der Waals surface area (Å²) in [5, 5.41) is 0. The normalized spacial score (nSPS) is 14.3. The first-order valence-corrected chi connectivity index (χ1v) is 3.88. The third-order valence-corrected chi connectivity index (χ3v) is 1.88. The van der Waals surface area contributed by atoms with E-state index in [1.807, 2.05) is 0 Å². The highest BCUT2D eigenvalue weighted by molar-refractivity contribution is 5.84. The van der Waals surface area contributed by atoms with Gasteiger partial charge < -0.3 is 10.6 Å². The van der Waals surface area contributed by atoms with Crippen molar-refractivity contribution in [3.05, 3.63) is 0 Å². The van der Waals surface area contributed by atoms with E-state index in [1.54, 1.807) is 0 Å². The van der Waals surface area contributed by atoms with E-state index in [0.717, 1.165) is 7.05 Å². The van der Waals surface area contributed by atoms with Crippen LogP contribution in [-0.2, 0) is 4.79 Å². The average molecular weight is 216 g/mol. The summed E-state index contributed by atoms with van der Waals surface area (Å²) in [5.41, 5.74) is 5.10. The van der Waals surface area contributed by atoms with Gasteiger partial charge in [-0.05, 0) is 6.92 Å². The van der Waals surface area contributed by atoms with E-state index in [-0.39, 0.29) is 6.54 Å². The number of carbonyl (C=O) groups excluding carboxylic acids is 1. The first kappa shape index (κ1) is 13.2. The van der Waals surface area contributed by atoms with Gasteiger partial charge in [-0.1, -0.05) is 0 Å². The molecule has 1 atom stereocenters. The number of hydrogen-bond donors (Lipinski definition) is 1. The maximum absolute atomic E-state index is 12.5. The van der Waals surface area contributed by atoms with Gasteiger partial charge in [0.05, 0.1) is 0 Å². The second-order valence-electron chi connectivity index (χ2n) is 2.92. The molecule has 1 amide bonds. The highest BCUT2D eigenvalue weighted by Crippen LogP contribution is 2.25. The zero-order chi connectivity index (χ0) is 11.5. The quantitative estimate of drug-likeness (QED) is 0.703. The minimum atomic E-state index is -4.64. The molecule has 3 nitrogen and oxygen atoms in total. The zero-order valence-electron chi connectivity index (χ0n) is 7.81. The molecule has 1 unspecified atom stereocenters. The van der Waals surface area contributed by atoms with Crippen molar-refractivity contribution in [2.45, 2.75) is 25.3 Å². The van der Waals surface area contributed by atoms with Crippen molar-refractivity contribution in [3.8, 4) is 0 Å². The molecule has 0 aliphatic heterocycles. The number of hydrogen-bond acceptors (Lipinski definition) is 2. The van der Waals surface area contributed by atoms with Gasteiger partial charge in [-0.2, -0.15) is 8.78 Å². The molecule has 84 valence electrons. The molecule has 0 bridgehead atoms. The predicted octanol–water partition coefficient (Wildman–Crippen LogP) is 0.692. The molecular weight excluding hydrogens is 204 g/mol. The third-order valence-electron chi connectivity index (χ3n) is 1.88. The maximum atomic E-state index is 12.5. The lowest BCUT2D eigenvalue weighted by Gasteiger charge is -2.27. The van der Waals surface area contributed by atoms with Crippen LogP contribution >= 0.6 is 0 Å². The van der Waals surface area contributed by atoms with Crippen LogP contribution in [0, 0.1) is 0 Å². The average Bonchev–Trinajstić information content (AvgIpc) is 2.13. The molecule has 0 aromatic heterocycles. The highest BCUT2D eigenvalue weighted by Gasteiger charge is 2.50. The summed E-state index contributed by atoms with van der Waals surface area (Å²) < 4.78 is 48.5. The van der Waals surface area contributed by atoms with E-state index in [0.29, 0.717) is 4.90 Å². The van der Waals surface area contributed by atoms with E-state index in [2.05, 4.69) is 0 Å². The summed E-state index contributed by atoms with van der Waals surface area (Å²) >= 11 is 0. The first-order chi connectivity index (χ1) is 6.25. The van der Waals surface area contributed by atoms with E-state index in [9.17, 15) is 22.4 Å². The van der Waals surface area contributed by atoms with Gasteiger partial charge in [-0.25, -0.2) is 8.78 Å². The fraction of sp³-hybridized carbons (Fsp3) is 0.857. The second-order valence-corrected chi connectivity index (χ2v) is 2.92. The smallest absolute Gasteiger partial charge is 0.336 e. The van der Waals surface area contributed by atoms with Gasteiger partial charge in [0.1, 0.15) is 0 Å². The summed E-state index contributed by atoms with van der Waals surface area (Å²) in [5.74, 6) is -6.55. The van der Waals surface area contributed by atoms with Crippen LogP contribution in [0.2, 0.25) is 0 Å². The number of nitrogens with zero attached hydrogens (tertiary/aromatic N) is 1. The minimum Gasteiger partial charge on any atom is -0.336 e. The molecule has 0 aliphatic carbocycles. The maximum Gasteiger partial charge on any atom is 0.383 e. The molecule has 2 N–H and O–H groups in total. The van der Waals surface area contributed by atoms with Crippen LogP contribution in [0.3, 0.4) is 0 Å². The molecule has 0 heterocycles. The van der Waals surface area contributed by atoms with E-state index >= 15 is 0 Å². The molecule has 0 aromatic rings. The Labute approximate surface area is 78.9 Å². The Bertz CT molecular complexity index is 210. The SMILES string of the molecule is CC(CN)N(C)C(=O)C(F)(F)C(F)F. The lowest BCUT2D eigenvalue weighted by molar-refractivity contribution is -0.180. The van der Waals surface area contributed by atoms with E-state index in [4.69, 9.17) is 5.73 Å². The molecular formula is C7H12F4N2O. The van der Waals surface area contributed by atoms with Gasteiger partial charge in [-0.3, -0.25) is 4.79 Å². The zero-order valence-corrected chi connectivity index (χ0v) is 7.81. The summed E-state index contributed by atoms with van der Waals surface area (Å²) in [6.45, 7) is 1.32. The molecule has 0 rings (SSSR count). The van der Waals surface area contributed by atoms with Crippen LogP contribution in [0.4, 0.5) is 17.6 Å². The van der Waals surface area contributed by atoms with E-state index in [1.165, 1.54) is 6.92 Å². The van der Waals surface area contributed by atoms with Crippen molar-refractivity contribution in [1.29, 1.82) is 0 Å². The molecule has 0 spiro atoms. The number of rotatable bonds is 4. The van der Waals surface area contributed by atoms with Crippen LogP contribution < -0.4 is 5.73 Å². The summed E-state index contributed by atoms with van der Waals surface area (Å²) in [7, 11) is 1.01. The molecule has 0 aliphatic rings. The highest BCUT2D eigenvalue weighted by atomic mass is 19.3. The van der Waals surface area contributed by atoms with Gasteiger partial charge in [-0.15, -0.1) is 0 Å². The van der Waals surface area contributed by atoms with Gasteiger partial charge in [0.25, 0.3) is 5.91 Å². The lowest BCUT2D eigenvalue weighted by atomic mass is 10.2. The number of alkyl halides is 4. The first-order valence-electron chi connectivity index (χ1n) is 3.88. The molecule has 14 heavy (non-hydrogen) atoms. The van der Waals surface area contributed by atoms with Crippen molar-refractivity contribution < 1.29 is 22.4 Å². The van der Waals surface area contributed by atoms with Gasteiger partial charge in [0.2, 0.25) is 0 Å². The molecule has 0 saturated heterocycles. The van der Waals surface area contributed by atoms with Crippen molar-refractivity contribution in [3.63, 3.8) is 0 Å². The van der Waals surface area contributed by atoms with Crippen molar-refractivity contribution in [1.82, 2.24) is 4.90 Å². The number of amides is 1. The number of carbonyl (C=O) groups is 1. The van der Waals surface area contributed by atoms with Crippen LogP contribution in [0.1, 0.15) is 6.92 Å². The Balaban J connectivity index is 4.61. The van der Waals surface area contributed by atoms with Gasteiger partial charge in [0, 0.05) is 19.6 Å². The van der Waals surface area contributed by atoms with Gasteiger partial charge in [0.15, 0.2) is 0 Å². The summed E-state index contributed by atoms with van der Waals surface area (Å²) in [6, 6.07) is -0.702. The Morgan fingerprint density at radius 3 is 2.21 bits per heavy atom. The molecule has 0 radical (unpaired) electrons. The second kappa shape index (κ2) is 4.59. The van der Waals surface area contributed by atoms with Crippen LogP contribution in [0.5, 0.6) is 0 Å². The summed E-state index contributed by atoms with van der Waals surface area (Å²) in [4.78, 5) is 11.4. The largest absolute Gasteiger partial charge is 0.383 e. The van der Waals surface area contributed by atoms with E-state index < -0.39 is 24.3 Å². The van der Waals surface area contributed by atoms with Crippen molar-refractivity contribution >= 4 is 5.91 Å². The Morgan fingerprint density at radius 1 is 1.50 bits per heavy atom. The fourth-order valence-corrected chi connectivity index (χ4v) is 0.687. The number of halogens is 4. The van der Waals surface area contributed by atoms with Crippen LogP contribution in [-0.4, -0.2) is 42.8 Å². The van der Waals surface area contributed by atoms with Gasteiger partial charge >= 0.3 is 12.3 Å². The predicted molar refractivity (Wildman–Crippen MR) is 42.2 cm³/mol. The van der Waals surface area contributed by atoms with Crippen molar-refractivity contribution in [2.24, 2.45) is 5.73 Å². The monoisotopic (exact) mass is 216 g/mol. The molecule has 0 aromatic carbocycles. The minimum absolute atomic E-state index is 0.0679. The van der Waals surface area contributed by atoms with Crippen LogP contribution in [0.15, 0.2) is 0 Å². The molecule has 7 heteroatoms. The Hall–Kier alpha value is -0.850. The topological polar surface area (TPSA) is 46.3 Å². The molecule has 0 fully saturated rings. The molecule has 0 saturated carbocycles.